The van der Waals surface area contributed by atoms with Crippen molar-refractivity contribution in [3.05, 3.63) is 93.6 Å². The molecule has 1 unspecified atom stereocenters. The van der Waals surface area contributed by atoms with Crippen LogP contribution < -0.4 is 14.4 Å². The summed E-state index contributed by atoms with van der Waals surface area (Å²) in [6, 6.07) is 16.1. The lowest BCUT2D eigenvalue weighted by Gasteiger charge is -2.27. The SMILES string of the molecule is CCOc1cc(C2/C(=C(\O)c3ccc4c(c3)CCCC4)C(=O)C(=O)N2c2ccc(C)cc2C)ccc1OC. The first kappa shape index (κ1) is 25.6. The minimum absolute atomic E-state index is 0.0679. The highest BCUT2D eigenvalue weighted by molar-refractivity contribution is 6.51. The van der Waals surface area contributed by atoms with E-state index in [4.69, 9.17) is 9.47 Å². The maximum absolute atomic E-state index is 13.6. The number of amides is 1. The topological polar surface area (TPSA) is 76.1 Å². The van der Waals surface area contributed by atoms with E-state index < -0.39 is 17.7 Å². The Balaban J connectivity index is 1.73. The largest absolute Gasteiger partial charge is 0.507 e. The van der Waals surface area contributed by atoms with Gasteiger partial charge in [-0.3, -0.25) is 14.5 Å². The van der Waals surface area contributed by atoms with E-state index >= 15 is 0 Å². The molecule has 196 valence electrons. The summed E-state index contributed by atoms with van der Waals surface area (Å²) in [5.74, 6) is -0.488. The molecular weight excluding hydrogens is 478 g/mol. The first-order chi connectivity index (χ1) is 18.3. The molecule has 3 aromatic carbocycles. The summed E-state index contributed by atoms with van der Waals surface area (Å²) in [6.45, 7) is 6.20. The van der Waals surface area contributed by atoms with Crippen LogP contribution in [0.1, 0.15) is 59.2 Å². The highest BCUT2D eigenvalue weighted by atomic mass is 16.5. The van der Waals surface area contributed by atoms with Crippen molar-refractivity contribution in [3.8, 4) is 11.5 Å². The van der Waals surface area contributed by atoms with Crippen LogP contribution in [0.3, 0.4) is 0 Å². The molecule has 1 amide bonds. The van der Waals surface area contributed by atoms with Gasteiger partial charge < -0.3 is 14.6 Å². The third-order valence-electron chi connectivity index (χ3n) is 7.48. The summed E-state index contributed by atoms with van der Waals surface area (Å²) in [6.07, 6.45) is 4.20. The van der Waals surface area contributed by atoms with Crippen LogP contribution >= 0.6 is 0 Å². The van der Waals surface area contributed by atoms with Crippen LogP contribution in [0.15, 0.2) is 60.2 Å². The monoisotopic (exact) mass is 511 g/mol. The number of hydrogen-bond acceptors (Lipinski definition) is 5. The summed E-state index contributed by atoms with van der Waals surface area (Å²) in [4.78, 5) is 28.7. The van der Waals surface area contributed by atoms with Crippen molar-refractivity contribution in [2.75, 3.05) is 18.6 Å². The van der Waals surface area contributed by atoms with Crippen molar-refractivity contribution in [1.29, 1.82) is 0 Å². The number of anilines is 1. The Kier molecular flexibility index (Phi) is 6.98. The summed E-state index contributed by atoms with van der Waals surface area (Å²) in [5, 5.41) is 11.6. The van der Waals surface area contributed by atoms with E-state index in [2.05, 4.69) is 0 Å². The van der Waals surface area contributed by atoms with E-state index in [1.165, 1.54) is 16.0 Å². The van der Waals surface area contributed by atoms with Gasteiger partial charge in [-0.1, -0.05) is 35.9 Å². The number of ketones is 1. The first-order valence-electron chi connectivity index (χ1n) is 13.1. The van der Waals surface area contributed by atoms with Gasteiger partial charge in [0.25, 0.3) is 11.7 Å². The fourth-order valence-corrected chi connectivity index (χ4v) is 5.64. The van der Waals surface area contributed by atoms with Gasteiger partial charge in [-0.25, -0.2) is 0 Å². The maximum atomic E-state index is 13.6. The van der Waals surface area contributed by atoms with E-state index in [0.29, 0.717) is 34.9 Å². The standard InChI is InChI=1S/C32H33NO5/c1-5-38-27-18-23(13-15-26(27)37-4)29-28(30(34)24-12-11-21-8-6-7-9-22(21)17-24)31(35)32(36)33(29)25-14-10-19(2)16-20(25)3/h10-18,29,34H,5-9H2,1-4H3/b30-28+. The van der Waals surface area contributed by atoms with Gasteiger partial charge in [-0.15, -0.1) is 0 Å². The normalized spacial score (nSPS) is 18.4. The van der Waals surface area contributed by atoms with Crippen LogP contribution in [0, 0.1) is 13.8 Å². The van der Waals surface area contributed by atoms with Crippen LogP contribution in [0.5, 0.6) is 11.5 Å². The molecular formula is C32H33NO5. The Labute approximate surface area is 223 Å². The zero-order chi connectivity index (χ0) is 27.0. The number of carbonyl (C=O) groups excluding carboxylic acids is 2. The van der Waals surface area contributed by atoms with Crippen molar-refractivity contribution in [2.45, 2.75) is 52.5 Å². The van der Waals surface area contributed by atoms with E-state index in [1.807, 2.05) is 63.2 Å². The fourth-order valence-electron chi connectivity index (χ4n) is 5.64. The molecule has 1 aliphatic heterocycles. The zero-order valence-electron chi connectivity index (χ0n) is 22.3. The van der Waals surface area contributed by atoms with Crippen LogP contribution in [0.4, 0.5) is 5.69 Å². The van der Waals surface area contributed by atoms with Gasteiger partial charge in [0.1, 0.15) is 5.76 Å². The van der Waals surface area contributed by atoms with Gasteiger partial charge in [0, 0.05) is 11.3 Å². The minimum atomic E-state index is -0.836. The lowest BCUT2D eigenvalue weighted by molar-refractivity contribution is -0.132. The third-order valence-corrected chi connectivity index (χ3v) is 7.48. The first-order valence-corrected chi connectivity index (χ1v) is 13.1. The van der Waals surface area contributed by atoms with Crippen LogP contribution in [-0.2, 0) is 22.4 Å². The second-order valence-electron chi connectivity index (χ2n) is 9.99. The maximum Gasteiger partial charge on any atom is 0.300 e. The molecule has 1 aliphatic carbocycles. The van der Waals surface area contributed by atoms with Gasteiger partial charge in [-0.05, 0) is 93.0 Å². The number of rotatable bonds is 6. The van der Waals surface area contributed by atoms with E-state index in [0.717, 1.165) is 36.8 Å². The molecule has 38 heavy (non-hydrogen) atoms. The fraction of sp³-hybridized carbons (Fsp3) is 0.312. The number of ether oxygens (including phenoxy) is 2. The Morgan fingerprint density at radius 1 is 0.947 bits per heavy atom. The predicted octanol–water partition coefficient (Wildman–Crippen LogP) is 6.22. The molecule has 6 heteroatoms. The summed E-state index contributed by atoms with van der Waals surface area (Å²) in [7, 11) is 1.56. The molecule has 0 radical (unpaired) electrons. The molecule has 1 N–H and O–H groups in total. The molecule has 1 fully saturated rings. The molecule has 6 nitrogen and oxygen atoms in total. The lowest BCUT2D eigenvalue weighted by Crippen LogP contribution is -2.30. The van der Waals surface area contributed by atoms with Crippen molar-refractivity contribution >= 4 is 23.1 Å². The van der Waals surface area contributed by atoms with Crippen molar-refractivity contribution in [2.24, 2.45) is 0 Å². The Hall–Kier alpha value is -4.06. The van der Waals surface area contributed by atoms with Crippen molar-refractivity contribution < 1.29 is 24.2 Å². The number of nitrogens with zero attached hydrogens (tertiary/aromatic N) is 1. The smallest absolute Gasteiger partial charge is 0.300 e. The van der Waals surface area contributed by atoms with Gasteiger partial charge in [-0.2, -0.15) is 0 Å². The minimum Gasteiger partial charge on any atom is -0.507 e. The highest BCUT2D eigenvalue weighted by Gasteiger charge is 2.47. The molecule has 0 spiro atoms. The van der Waals surface area contributed by atoms with Crippen molar-refractivity contribution in [1.82, 2.24) is 0 Å². The van der Waals surface area contributed by atoms with Gasteiger partial charge in [0.15, 0.2) is 11.5 Å². The second-order valence-corrected chi connectivity index (χ2v) is 9.99. The molecule has 0 aromatic heterocycles. The average Bonchev–Trinajstić information content (AvgIpc) is 3.18. The average molecular weight is 512 g/mol. The lowest BCUT2D eigenvalue weighted by atomic mass is 9.88. The van der Waals surface area contributed by atoms with E-state index in [9.17, 15) is 14.7 Å². The third kappa shape index (κ3) is 4.44. The number of aliphatic hydroxyl groups excluding tert-OH is 1. The summed E-state index contributed by atoms with van der Waals surface area (Å²) >= 11 is 0. The highest BCUT2D eigenvalue weighted by Crippen LogP contribution is 2.45. The van der Waals surface area contributed by atoms with Crippen molar-refractivity contribution in [3.63, 3.8) is 0 Å². The summed E-state index contributed by atoms with van der Waals surface area (Å²) in [5.41, 5.74) is 6.26. The molecule has 1 heterocycles. The van der Waals surface area contributed by atoms with Gasteiger partial charge >= 0.3 is 0 Å². The summed E-state index contributed by atoms with van der Waals surface area (Å²) < 4.78 is 11.3. The second kappa shape index (κ2) is 10.4. The number of benzene rings is 3. The van der Waals surface area contributed by atoms with Crippen LogP contribution in [-0.4, -0.2) is 30.5 Å². The zero-order valence-corrected chi connectivity index (χ0v) is 22.3. The number of carbonyl (C=O) groups is 2. The number of methoxy groups -OCH3 is 1. The molecule has 1 atom stereocenters. The molecule has 2 aliphatic rings. The number of aliphatic hydroxyl groups is 1. The molecule has 5 rings (SSSR count). The Morgan fingerprint density at radius 3 is 2.42 bits per heavy atom. The molecule has 3 aromatic rings. The van der Waals surface area contributed by atoms with Gasteiger partial charge in [0.2, 0.25) is 0 Å². The number of fused-ring (bicyclic) bond motifs is 1. The number of Topliss-reactive ketones (excluding diaryl/α,β-unsaturated/α-hetero) is 1. The van der Waals surface area contributed by atoms with Crippen LogP contribution in [0.25, 0.3) is 5.76 Å². The molecule has 1 saturated heterocycles. The predicted molar refractivity (Wildman–Crippen MR) is 148 cm³/mol. The molecule has 0 bridgehead atoms. The molecule has 0 saturated carbocycles. The Bertz CT molecular complexity index is 1450. The van der Waals surface area contributed by atoms with Crippen LogP contribution in [0.2, 0.25) is 0 Å². The number of aryl methyl sites for hydroxylation is 4. The Morgan fingerprint density at radius 2 is 1.71 bits per heavy atom. The van der Waals surface area contributed by atoms with E-state index in [-0.39, 0.29) is 11.3 Å². The van der Waals surface area contributed by atoms with E-state index in [1.54, 1.807) is 19.2 Å². The number of hydrogen-bond donors (Lipinski definition) is 1. The quantitative estimate of drug-likeness (QED) is 0.242. The van der Waals surface area contributed by atoms with Gasteiger partial charge in [0.05, 0.1) is 25.3 Å².